The summed E-state index contributed by atoms with van der Waals surface area (Å²) in [6.07, 6.45) is 3.38. The van der Waals surface area contributed by atoms with Crippen molar-refractivity contribution in [3.63, 3.8) is 0 Å². The Bertz CT molecular complexity index is 721. The molecule has 2 heterocycles. The van der Waals surface area contributed by atoms with Gasteiger partial charge in [0.15, 0.2) is 0 Å². The van der Waals surface area contributed by atoms with E-state index in [-0.39, 0.29) is 5.56 Å². The number of hydrogen-bond donors (Lipinski definition) is 3. The van der Waals surface area contributed by atoms with E-state index in [9.17, 15) is 9.90 Å². The van der Waals surface area contributed by atoms with Crippen LogP contribution in [0.2, 0.25) is 0 Å². The second kappa shape index (κ2) is 7.57. The molecule has 2 aromatic rings. The molecule has 0 fully saturated rings. The predicted octanol–water partition coefficient (Wildman–Crippen LogP) is 2.74. The number of aryl methyl sites for hydroxylation is 1. The molecule has 3 N–H and O–H groups in total. The maximum atomic E-state index is 11.5. The molecule has 6 heteroatoms. The van der Waals surface area contributed by atoms with Crippen LogP contribution in [0.25, 0.3) is 11.4 Å². The minimum atomic E-state index is -0.770. The number of pyridine rings is 1. The third kappa shape index (κ3) is 5.45. The molecule has 24 heavy (non-hydrogen) atoms. The minimum absolute atomic E-state index is 0.180. The molecule has 0 aliphatic carbocycles. The van der Waals surface area contributed by atoms with Crippen LogP contribution < -0.4 is 10.9 Å². The van der Waals surface area contributed by atoms with Crippen LogP contribution in [0.3, 0.4) is 0 Å². The highest BCUT2D eigenvalue weighted by Gasteiger charge is 2.20. The summed E-state index contributed by atoms with van der Waals surface area (Å²) >= 11 is 0. The van der Waals surface area contributed by atoms with Crippen molar-refractivity contribution in [2.24, 2.45) is 5.92 Å². The topological polar surface area (TPSA) is 90.9 Å². The first-order valence-corrected chi connectivity index (χ1v) is 8.26. The molecule has 0 aliphatic rings. The first-order chi connectivity index (χ1) is 11.2. The van der Waals surface area contributed by atoms with Crippen molar-refractivity contribution < 1.29 is 5.11 Å². The summed E-state index contributed by atoms with van der Waals surface area (Å²) in [4.78, 5) is 22.9. The lowest BCUT2D eigenvalue weighted by molar-refractivity contribution is 0.0585. The summed E-state index contributed by atoms with van der Waals surface area (Å²) < 4.78 is 0. The van der Waals surface area contributed by atoms with Gasteiger partial charge in [0, 0.05) is 30.1 Å². The Morgan fingerprint density at radius 3 is 2.71 bits per heavy atom. The van der Waals surface area contributed by atoms with Crippen molar-refractivity contribution in [3.05, 3.63) is 40.4 Å². The lowest BCUT2D eigenvalue weighted by Crippen LogP contribution is -2.34. The van der Waals surface area contributed by atoms with E-state index in [0.29, 0.717) is 29.8 Å². The normalized spacial score (nSPS) is 13.8. The fourth-order valence-electron chi connectivity index (χ4n) is 2.32. The maximum absolute atomic E-state index is 11.5. The zero-order valence-corrected chi connectivity index (χ0v) is 14.8. The Morgan fingerprint density at radius 2 is 2.12 bits per heavy atom. The summed E-state index contributed by atoms with van der Waals surface area (Å²) in [5, 5.41) is 13.5. The Hall–Kier alpha value is -2.21. The fourth-order valence-corrected chi connectivity index (χ4v) is 2.32. The lowest BCUT2D eigenvalue weighted by Gasteiger charge is -2.24. The molecule has 1 atom stereocenters. The van der Waals surface area contributed by atoms with Gasteiger partial charge in [0.1, 0.15) is 11.6 Å². The van der Waals surface area contributed by atoms with Gasteiger partial charge in [-0.2, -0.15) is 0 Å². The van der Waals surface area contributed by atoms with Gasteiger partial charge < -0.3 is 15.4 Å². The highest BCUT2D eigenvalue weighted by molar-refractivity contribution is 5.55. The summed E-state index contributed by atoms with van der Waals surface area (Å²) in [5.41, 5.74) is 0.458. The number of aromatic amines is 1. The van der Waals surface area contributed by atoms with Gasteiger partial charge in [0.2, 0.25) is 0 Å². The van der Waals surface area contributed by atoms with Gasteiger partial charge in [-0.3, -0.25) is 4.79 Å². The predicted molar refractivity (Wildman–Crippen MR) is 96.0 cm³/mol. The van der Waals surface area contributed by atoms with E-state index in [0.717, 1.165) is 18.4 Å². The first kappa shape index (κ1) is 18.1. The Morgan fingerprint density at radius 1 is 1.38 bits per heavy atom. The van der Waals surface area contributed by atoms with E-state index in [4.69, 9.17) is 0 Å². The number of H-pyrrole nitrogens is 1. The maximum Gasteiger partial charge on any atom is 0.251 e. The van der Waals surface area contributed by atoms with Crippen LogP contribution in [0.4, 0.5) is 5.82 Å². The van der Waals surface area contributed by atoms with Crippen LogP contribution in [0.15, 0.2) is 29.2 Å². The van der Waals surface area contributed by atoms with Crippen LogP contribution in [0, 0.1) is 12.8 Å². The third-order valence-electron chi connectivity index (χ3n) is 3.82. The molecule has 0 aliphatic heterocycles. The quantitative estimate of drug-likeness (QED) is 0.726. The van der Waals surface area contributed by atoms with E-state index < -0.39 is 5.60 Å². The average Bonchev–Trinajstić information content (AvgIpc) is 2.51. The van der Waals surface area contributed by atoms with Gasteiger partial charge >= 0.3 is 0 Å². The molecule has 0 saturated heterocycles. The Balaban J connectivity index is 2.00. The molecule has 1 unspecified atom stereocenters. The van der Waals surface area contributed by atoms with Gasteiger partial charge in [-0.15, -0.1) is 0 Å². The zero-order valence-electron chi connectivity index (χ0n) is 14.8. The number of hydrogen-bond acceptors (Lipinski definition) is 5. The largest absolute Gasteiger partial charge is 0.388 e. The standard InChI is InChI=1S/C18H26N4O2/c1-12(2)7-8-18(4,24)11-20-15-6-5-14(10-19-15)17-21-13(3)9-16(23)22-17/h5-6,9-10,12,24H,7-8,11H2,1-4H3,(H,19,20)(H,21,22,23). The fraction of sp³-hybridized carbons (Fsp3) is 0.500. The van der Waals surface area contributed by atoms with E-state index in [1.807, 2.05) is 19.1 Å². The van der Waals surface area contributed by atoms with Gasteiger partial charge in [-0.25, -0.2) is 9.97 Å². The van der Waals surface area contributed by atoms with E-state index >= 15 is 0 Å². The van der Waals surface area contributed by atoms with Crippen LogP contribution >= 0.6 is 0 Å². The molecule has 0 bridgehead atoms. The SMILES string of the molecule is Cc1cc(=O)[nH]c(-c2ccc(NCC(C)(O)CCC(C)C)nc2)n1. The number of aliphatic hydroxyl groups is 1. The van der Waals surface area contributed by atoms with Gasteiger partial charge in [0.05, 0.1) is 5.60 Å². The van der Waals surface area contributed by atoms with Crippen molar-refractivity contribution >= 4 is 5.82 Å². The van der Waals surface area contributed by atoms with Crippen molar-refractivity contribution in [1.82, 2.24) is 15.0 Å². The van der Waals surface area contributed by atoms with E-state index in [1.54, 1.807) is 13.1 Å². The van der Waals surface area contributed by atoms with Crippen molar-refractivity contribution in [1.29, 1.82) is 0 Å². The van der Waals surface area contributed by atoms with E-state index in [1.165, 1.54) is 6.07 Å². The van der Waals surface area contributed by atoms with Crippen LogP contribution in [-0.2, 0) is 0 Å². The summed E-state index contributed by atoms with van der Waals surface area (Å²) in [7, 11) is 0. The molecular weight excluding hydrogens is 304 g/mol. The number of anilines is 1. The summed E-state index contributed by atoms with van der Waals surface area (Å²) in [6.45, 7) is 8.34. The van der Waals surface area contributed by atoms with Gasteiger partial charge in [-0.05, 0) is 44.7 Å². The minimum Gasteiger partial charge on any atom is -0.388 e. The zero-order chi connectivity index (χ0) is 17.7. The van der Waals surface area contributed by atoms with Crippen molar-refractivity contribution in [2.45, 2.75) is 46.1 Å². The third-order valence-corrected chi connectivity index (χ3v) is 3.82. The van der Waals surface area contributed by atoms with Crippen LogP contribution in [0.5, 0.6) is 0 Å². The number of aromatic nitrogens is 3. The summed E-state index contributed by atoms with van der Waals surface area (Å²) in [5.74, 6) is 1.75. The summed E-state index contributed by atoms with van der Waals surface area (Å²) in [6, 6.07) is 5.11. The molecule has 2 rings (SSSR count). The average molecular weight is 330 g/mol. The van der Waals surface area contributed by atoms with Crippen LogP contribution in [-0.4, -0.2) is 32.2 Å². The van der Waals surface area contributed by atoms with Crippen molar-refractivity contribution in [3.8, 4) is 11.4 Å². The molecule has 0 saturated carbocycles. The number of rotatable bonds is 7. The smallest absolute Gasteiger partial charge is 0.251 e. The molecular formula is C18H26N4O2. The van der Waals surface area contributed by atoms with E-state index in [2.05, 4.69) is 34.1 Å². The van der Waals surface area contributed by atoms with Gasteiger partial charge in [-0.1, -0.05) is 13.8 Å². The molecule has 6 nitrogen and oxygen atoms in total. The Labute approximate surface area is 142 Å². The molecule has 0 aromatic carbocycles. The van der Waals surface area contributed by atoms with Crippen LogP contribution in [0.1, 0.15) is 39.3 Å². The number of nitrogens with zero attached hydrogens (tertiary/aromatic N) is 2. The molecule has 0 amide bonds. The number of nitrogens with one attached hydrogen (secondary N) is 2. The molecule has 0 radical (unpaired) electrons. The van der Waals surface area contributed by atoms with Crippen molar-refractivity contribution in [2.75, 3.05) is 11.9 Å². The highest BCUT2D eigenvalue weighted by Crippen LogP contribution is 2.18. The lowest BCUT2D eigenvalue weighted by atomic mass is 9.95. The van der Waals surface area contributed by atoms with Gasteiger partial charge in [0.25, 0.3) is 5.56 Å². The monoisotopic (exact) mass is 330 g/mol. The molecule has 2 aromatic heterocycles. The highest BCUT2D eigenvalue weighted by atomic mass is 16.3. The first-order valence-electron chi connectivity index (χ1n) is 8.26. The second-order valence-corrected chi connectivity index (χ2v) is 6.95. The molecule has 130 valence electrons. The molecule has 0 spiro atoms. The second-order valence-electron chi connectivity index (χ2n) is 6.95. The Kier molecular flexibility index (Phi) is 5.72.